The lowest BCUT2D eigenvalue weighted by atomic mass is 9.81. The summed E-state index contributed by atoms with van der Waals surface area (Å²) < 4.78 is 15.9. The zero-order chi connectivity index (χ0) is 23.4. The van der Waals surface area contributed by atoms with Crippen molar-refractivity contribution in [1.29, 1.82) is 0 Å². The Morgan fingerprint density at radius 3 is 2.39 bits per heavy atom. The van der Waals surface area contributed by atoms with Crippen LogP contribution in [-0.4, -0.2) is 53.0 Å². The number of morpholine rings is 1. The number of hydrogen-bond donors (Lipinski definition) is 2. The van der Waals surface area contributed by atoms with Gasteiger partial charge in [0.25, 0.3) is 10.9 Å². The van der Waals surface area contributed by atoms with E-state index < -0.39 is 10.9 Å². The monoisotopic (exact) mass is 457 g/mol. The Balaban J connectivity index is 1.27. The Hall–Kier alpha value is -3.07. The highest BCUT2D eigenvalue weighted by atomic mass is 16.5. The molecule has 0 aromatic heterocycles. The van der Waals surface area contributed by atoms with E-state index in [1.807, 2.05) is 4.90 Å². The van der Waals surface area contributed by atoms with Gasteiger partial charge in [0.05, 0.1) is 27.4 Å². The molecule has 1 amide bonds. The second kappa shape index (κ2) is 10.2. The molecule has 2 aromatic rings. The molecular formula is C24H31N3O6. The first kappa shape index (κ1) is 23.1. The molecule has 0 atom stereocenters. The maximum atomic E-state index is 12.7. The number of carbonyl (C=O) groups excluding carboxylic acids is 1. The second-order valence-corrected chi connectivity index (χ2v) is 8.64. The third-order valence-corrected chi connectivity index (χ3v) is 6.65. The first-order valence-corrected chi connectivity index (χ1v) is 11.4. The summed E-state index contributed by atoms with van der Waals surface area (Å²) in [7, 11) is 3.13. The molecule has 1 saturated carbocycles. The Kier molecular flexibility index (Phi) is 7.17. The number of anilines is 3. The molecule has 1 saturated heterocycles. The van der Waals surface area contributed by atoms with Crippen LogP contribution in [0.1, 0.15) is 25.7 Å². The van der Waals surface area contributed by atoms with Crippen LogP contribution in [0.15, 0.2) is 27.8 Å². The molecule has 0 radical (unpaired) electrons. The first-order valence-electron chi connectivity index (χ1n) is 11.4. The van der Waals surface area contributed by atoms with Gasteiger partial charge in [-0.3, -0.25) is 14.4 Å². The summed E-state index contributed by atoms with van der Waals surface area (Å²) in [4.78, 5) is 38.8. The second-order valence-electron chi connectivity index (χ2n) is 8.64. The van der Waals surface area contributed by atoms with Crippen molar-refractivity contribution >= 4 is 23.0 Å². The minimum absolute atomic E-state index is 0.00529. The minimum atomic E-state index is -0.431. The molecule has 0 spiro atoms. The van der Waals surface area contributed by atoms with Crippen molar-refractivity contribution in [3.63, 3.8) is 0 Å². The maximum absolute atomic E-state index is 12.7. The van der Waals surface area contributed by atoms with E-state index in [-0.39, 0.29) is 11.8 Å². The summed E-state index contributed by atoms with van der Waals surface area (Å²) in [5, 5.41) is 6.20. The molecule has 2 aromatic carbocycles. The average molecular weight is 458 g/mol. The van der Waals surface area contributed by atoms with E-state index in [2.05, 4.69) is 10.6 Å². The maximum Gasteiger partial charge on any atom is 0.253 e. The summed E-state index contributed by atoms with van der Waals surface area (Å²) in [6.45, 7) is 3.01. The first-order chi connectivity index (χ1) is 16.0. The fourth-order valence-electron chi connectivity index (χ4n) is 4.67. The lowest BCUT2D eigenvalue weighted by molar-refractivity contribution is -0.121. The molecule has 1 aliphatic heterocycles. The summed E-state index contributed by atoms with van der Waals surface area (Å²) in [6.07, 6.45) is 3.35. The van der Waals surface area contributed by atoms with Crippen LogP contribution in [0.4, 0.5) is 17.1 Å². The predicted octanol–water partition coefficient (Wildman–Crippen LogP) is 1.99. The van der Waals surface area contributed by atoms with Crippen molar-refractivity contribution in [1.82, 2.24) is 0 Å². The number of hydrogen-bond acceptors (Lipinski definition) is 8. The van der Waals surface area contributed by atoms with Crippen molar-refractivity contribution < 1.29 is 19.0 Å². The highest BCUT2D eigenvalue weighted by molar-refractivity contribution is 5.93. The van der Waals surface area contributed by atoms with Gasteiger partial charge in [-0.25, -0.2) is 0 Å². The van der Waals surface area contributed by atoms with E-state index >= 15 is 0 Å². The fourth-order valence-corrected chi connectivity index (χ4v) is 4.67. The molecule has 4 rings (SSSR count). The Morgan fingerprint density at radius 1 is 1.03 bits per heavy atom. The van der Waals surface area contributed by atoms with Crippen molar-refractivity contribution in [2.75, 3.05) is 62.6 Å². The third-order valence-electron chi connectivity index (χ3n) is 6.65. The van der Waals surface area contributed by atoms with E-state index in [9.17, 15) is 14.4 Å². The molecule has 33 heavy (non-hydrogen) atoms. The SMILES string of the molecule is COc1ccc(NC(=O)C2CCC(CNc3c(N4CCOCC4)c(=O)c3=O)CC2)cc1OC. The topological polar surface area (TPSA) is 106 Å². The number of benzene rings is 1. The molecule has 2 N–H and O–H groups in total. The van der Waals surface area contributed by atoms with Crippen LogP contribution < -0.4 is 35.9 Å². The summed E-state index contributed by atoms with van der Waals surface area (Å²) in [5.41, 5.74) is 0.785. The lowest BCUT2D eigenvalue weighted by Crippen LogP contribution is -2.47. The average Bonchev–Trinajstić information content (AvgIpc) is 2.86. The molecule has 1 aliphatic carbocycles. The Bertz CT molecular complexity index is 1050. The third kappa shape index (κ3) is 4.98. The van der Waals surface area contributed by atoms with E-state index in [1.54, 1.807) is 32.4 Å². The molecule has 178 valence electrons. The highest BCUT2D eigenvalue weighted by Crippen LogP contribution is 2.33. The number of carbonyl (C=O) groups is 1. The highest BCUT2D eigenvalue weighted by Gasteiger charge is 2.30. The molecular weight excluding hydrogens is 426 g/mol. The van der Waals surface area contributed by atoms with Crippen LogP contribution in [0.3, 0.4) is 0 Å². The summed E-state index contributed by atoms with van der Waals surface area (Å²) in [6, 6.07) is 5.32. The van der Waals surface area contributed by atoms with Crippen molar-refractivity contribution in [3.8, 4) is 11.5 Å². The minimum Gasteiger partial charge on any atom is -0.493 e. The van der Waals surface area contributed by atoms with Gasteiger partial charge in [0.15, 0.2) is 11.5 Å². The Labute approximate surface area is 192 Å². The molecule has 9 heteroatoms. The van der Waals surface area contributed by atoms with E-state index in [1.165, 1.54) is 0 Å². The van der Waals surface area contributed by atoms with E-state index in [0.29, 0.717) is 67.3 Å². The van der Waals surface area contributed by atoms with Gasteiger partial charge >= 0.3 is 0 Å². The molecule has 0 bridgehead atoms. The van der Waals surface area contributed by atoms with Gasteiger partial charge in [-0.2, -0.15) is 0 Å². The number of rotatable bonds is 8. The van der Waals surface area contributed by atoms with Crippen LogP contribution in [-0.2, 0) is 9.53 Å². The lowest BCUT2D eigenvalue weighted by Gasteiger charge is -2.32. The fraction of sp³-hybridized carbons (Fsp3) is 0.542. The van der Waals surface area contributed by atoms with E-state index in [4.69, 9.17) is 14.2 Å². The van der Waals surface area contributed by atoms with Gasteiger partial charge < -0.3 is 29.7 Å². The van der Waals surface area contributed by atoms with Crippen LogP contribution in [0, 0.1) is 11.8 Å². The zero-order valence-electron chi connectivity index (χ0n) is 19.1. The molecule has 1 heterocycles. The molecule has 9 nitrogen and oxygen atoms in total. The predicted molar refractivity (Wildman–Crippen MR) is 126 cm³/mol. The van der Waals surface area contributed by atoms with Gasteiger partial charge in [0.1, 0.15) is 11.4 Å². The zero-order valence-corrected chi connectivity index (χ0v) is 19.1. The van der Waals surface area contributed by atoms with Gasteiger partial charge in [-0.15, -0.1) is 0 Å². The van der Waals surface area contributed by atoms with Crippen molar-refractivity contribution in [2.24, 2.45) is 11.8 Å². The van der Waals surface area contributed by atoms with Crippen molar-refractivity contribution in [2.45, 2.75) is 25.7 Å². The smallest absolute Gasteiger partial charge is 0.253 e. The summed E-state index contributed by atoms with van der Waals surface area (Å²) >= 11 is 0. The Morgan fingerprint density at radius 2 is 1.73 bits per heavy atom. The number of methoxy groups -OCH3 is 2. The normalized spacial score (nSPS) is 21.0. The van der Waals surface area contributed by atoms with Gasteiger partial charge in [0, 0.05) is 37.3 Å². The largest absolute Gasteiger partial charge is 0.493 e. The quantitative estimate of drug-likeness (QED) is 0.580. The summed E-state index contributed by atoms with van der Waals surface area (Å²) in [5.74, 6) is 1.49. The standard InChI is InChI=1S/C24H31N3O6/c1-31-18-8-7-17(13-19(18)32-2)26-24(30)16-5-3-15(4-6-16)14-25-20-21(23(29)22(20)28)27-9-11-33-12-10-27/h7-8,13,15-16,25H,3-6,9-12,14H2,1-2H3,(H,26,30). The number of nitrogens with one attached hydrogen (secondary N) is 2. The number of ether oxygens (including phenoxy) is 3. The van der Waals surface area contributed by atoms with Crippen LogP contribution >= 0.6 is 0 Å². The van der Waals surface area contributed by atoms with Crippen LogP contribution in [0.5, 0.6) is 11.5 Å². The van der Waals surface area contributed by atoms with Crippen LogP contribution in [0.2, 0.25) is 0 Å². The number of amides is 1. The van der Waals surface area contributed by atoms with E-state index in [0.717, 1.165) is 25.7 Å². The van der Waals surface area contributed by atoms with Crippen molar-refractivity contribution in [3.05, 3.63) is 38.6 Å². The van der Waals surface area contributed by atoms with Crippen LogP contribution in [0.25, 0.3) is 0 Å². The van der Waals surface area contributed by atoms with Gasteiger partial charge in [-0.05, 0) is 43.7 Å². The molecule has 2 fully saturated rings. The molecule has 2 aliphatic rings. The molecule has 0 unspecified atom stereocenters. The van der Waals surface area contributed by atoms with Gasteiger partial charge in [-0.1, -0.05) is 0 Å². The number of nitrogens with zero attached hydrogens (tertiary/aromatic N) is 1. The van der Waals surface area contributed by atoms with Gasteiger partial charge in [0.2, 0.25) is 5.91 Å².